The van der Waals surface area contributed by atoms with Crippen molar-refractivity contribution in [2.75, 3.05) is 37.0 Å². The number of rotatable bonds is 6. The molecule has 0 unspecified atom stereocenters. The lowest BCUT2D eigenvalue weighted by molar-refractivity contribution is 0.181. The number of nitrogens with one attached hydrogen (secondary N) is 1. The number of hydrogen-bond acceptors (Lipinski definition) is 5. The minimum absolute atomic E-state index is 0.530. The first kappa shape index (κ1) is 14.8. The number of hydrogen-bond donors (Lipinski definition) is 1. The average Bonchev–Trinajstić information content (AvgIpc) is 2.94. The highest BCUT2D eigenvalue weighted by molar-refractivity contribution is 14.1. The lowest BCUT2D eigenvalue weighted by Crippen LogP contribution is -2.22. The summed E-state index contributed by atoms with van der Waals surface area (Å²) >= 11 is 2.30. The van der Waals surface area contributed by atoms with Crippen LogP contribution in [0.3, 0.4) is 0 Å². The summed E-state index contributed by atoms with van der Waals surface area (Å²) in [5, 5.41) is 3.38. The number of anilines is 2. The Morgan fingerprint density at radius 1 is 1.32 bits per heavy atom. The van der Waals surface area contributed by atoms with Crippen LogP contribution in [0, 0.1) is 3.57 Å². The number of nitrogens with zero attached hydrogens (tertiary/aromatic N) is 3. The molecule has 106 valence electrons. The SMILES string of the molecule is CCCNc1nc(N2CCCC2)nc(COC)c1I. The van der Waals surface area contributed by atoms with Gasteiger partial charge in [-0.2, -0.15) is 4.98 Å². The fourth-order valence-corrected chi connectivity index (χ4v) is 2.72. The van der Waals surface area contributed by atoms with Crippen molar-refractivity contribution >= 4 is 34.4 Å². The van der Waals surface area contributed by atoms with Gasteiger partial charge in [-0.1, -0.05) is 6.92 Å². The normalized spacial score (nSPS) is 15.0. The van der Waals surface area contributed by atoms with Gasteiger partial charge >= 0.3 is 0 Å². The molecule has 2 heterocycles. The Morgan fingerprint density at radius 2 is 2.05 bits per heavy atom. The van der Waals surface area contributed by atoms with Crippen LogP contribution < -0.4 is 10.2 Å². The zero-order valence-electron chi connectivity index (χ0n) is 11.6. The molecule has 0 aromatic carbocycles. The van der Waals surface area contributed by atoms with Crippen molar-refractivity contribution in [1.82, 2.24) is 9.97 Å². The molecule has 1 fully saturated rings. The van der Waals surface area contributed by atoms with Gasteiger partial charge in [0, 0.05) is 26.7 Å². The van der Waals surface area contributed by atoms with Gasteiger partial charge in [0.1, 0.15) is 5.82 Å². The fraction of sp³-hybridized carbons (Fsp3) is 0.692. The third kappa shape index (κ3) is 3.68. The van der Waals surface area contributed by atoms with Gasteiger partial charge in [0.15, 0.2) is 0 Å². The first-order valence-corrected chi connectivity index (χ1v) is 7.88. The molecule has 6 heteroatoms. The third-order valence-corrected chi connectivity index (χ3v) is 4.25. The van der Waals surface area contributed by atoms with Crippen LogP contribution in [0.5, 0.6) is 0 Å². The maximum absolute atomic E-state index is 5.24. The van der Waals surface area contributed by atoms with E-state index in [1.807, 2.05) is 0 Å². The van der Waals surface area contributed by atoms with Crippen molar-refractivity contribution in [2.24, 2.45) is 0 Å². The van der Waals surface area contributed by atoms with Gasteiger partial charge < -0.3 is 15.0 Å². The van der Waals surface area contributed by atoms with E-state index in [1.165, 1.54) is 12.8 Å². The molecule has 0 aliphatic carbocycles. The molecule has 1 N–H and O–H groups in total. The summed E-state index contributed by atoms with van der Waals surface area (Å²) in [6.07, 6.45) is 3.54. The first-order valence-electron chi connectivity index (χ1n) is 6.80. The van der Waals surface area contributed by atoms with E-state index in [-0.39, 0.29) is 0 Å². The molecule has 5 nitrogen and oxygen atoms in total. The molecule has 0 amide bonds. The van der Waals surface area contributed by atoms with E-state index in [0.717, 1.165) is 47.1 Å². The summed E-state index contributed by atoms with van der Waals surface area (Å²) in [4.78, 5) is 11.6. The molecule has 0 atom stereocenters. The van der Waals surface area contributed by atoms with Gasteiger partial charge in [0.25, 0.3) is 0 Å². The standard InChI is InChI=1S/C13H21IN4O/c1-3-6-15-12-11(14)10(9-19-2)16-13(17-12)18-7-4-5-8-18/h3-9H2,1-2H3,(H,15,16,17). The highest BCUT2D eigenvalue weighted by Gasteiger charge is 2.19. The maximum Gasteiger partial charge on any atom is 0.227 e. The Labute approximate surface area is 128 Å². The molecular weight excluding hydrogens is 355 g/mol. The Balaban J connectivity index is 2.29. The Hall–Kier alpha value is -0.630. The molecule has 1 aliphatic heterocycles. The lowest BCUT2D eigenvalue weighted by Gasteiger charge is -2.19. The fourth-order valence-electron chi connectivity index (χ4n) is 2.13. The molecule has 1 aromatic heterocycles. The lowest BCUT2D eigenvalue weighted by atomic mass is 10.4. The van der Waals surface area contributed by atoms with Crippen LogP contribution in [0.1, 0.15) is 31.9 Å². The van der Waals surface area contributed by atoms with E-state index >= 15 is 0 Å². The van der Waals surface area contributed by atoms with E-state index in [1.54, 1.807) is 7.11 Å². The van der Waals surface area contributed by atoms with Crippen LogP contribution in [0.15, 0.2) is 0 Å². The van der Waals surface area contributed by atoms with Gasteiger partial charge in [-0.05, 0) is 41.9 Å². The zero-order chi connectivity index (χ0) is 13.7. The summed E-state index contributed by atoms with van der Waals surface area (Å²) in [6, 6.07) is 0. The first-order chi connectivity index (χ1) is 9.26. The molecule has 0 saturated carbocycles. The second kappa shape index (κ2) is 7.23. The predicted molar refractivity (Wildman–Crippen MR) is 85.7 cm³/mol. The average molecular weight is 376 g/mol. The van der Waals surface area contributed by atoms with Gasteiger partial charge in [-0.25, -0.2) is 4.98 Å². The topological polar surface area (TPSA) is 50.3 Å². The van der Waals surface area contributed by atoms with Gasteiger partial charge in [-0.15, -0.1) is 0 Å². The quantitative estimate of drug-likeness (QED) is 0.774. The number of ether oxygens (including phenoxy) is 1. The molecule has 0 spiro atoms. The Morgan fingerprint density at radius 3 is 2.68 bits per heavy atom. The Kier molecular flexibility index (Phi) is 5.62. The van der Waals surface area contributed by atoms with Crippen LogP contribution in [0.2, 0.25) is 0 Å². The molecule has 0 bridgehead atoms. The van der Waals surface area contributed by atoms with Crippen LogP contribution in [0.4, 0.5) is 11.8 Å². The summed E-state index contributed by atoms with van der Waals surface area (Å²) in [5.41, 5.74) is 0.971. The second-order valence-electron chi connectivity index (χ2n) is 4.69. The van der Waals surface area contributed by atoms with Crippen molar-refractivity contribution in [3.63, 3.8) is 0 Å². The third-order valence-electron chi connectivity index (χ3n) is 3.12. The molecular formula is C13H21IN4O. The van der Waals surface area contributed by atoms with Crippen molar-refractivity contribution in [3.05, 3.63) is 9.26 Å². The number of halogens is 1. The van der Waals surface area contributed by atoms with Crippen LogP contribution in [-0.4, -0.2) is 36.7 Å². The van der Waals surface area contributed by atoms with Crippen LogP contribution in [0.25, 0.3) is 0 Å². The van der Waals surface area contributed by atoms with Crippen molar-refractivity contribution in [2.45, 2.75) is 32.8 Å². The molecule has 0 radical (unpaired) electrons. The number of methoxy groups -OCH3 is 1. The predicted octanol–water partition coefficient (Wildman–Crippen LogP) is 2.65. The largest absolute Gasteiger partial charge is 0.378 e. The van der Waals surface area contributed by atoms with Crippen molar-refractivity contribution < 1.29 is 4.74 Å². The van der Waals surface area contributed by atoms with E-state index < -0.39 is 0 Å². The minimum atomic E-state index is 0.530. The monoisotopic (exact) mass is 376 g/mol. The smallest absolute Gasteiger partial charge is 0.227 e. The minimum Gasteiger partial charge on any atom is -0.378 e. The molecule has 2 rings (SSSR count). The Bertz CT molecular complexity index is 421. The maximum atomic E-state index is 5.24. The van der Waals surface area contributed by atoms with Crippen LogP contribution >= 0.6 is 22.6 Å². The molecule has 1 aromatic rings. The van der Waals surface area contributed by atoms with E-state index in [0.29, 0.717) is 6.61 Å². The zero-order valence-corrected chi connectivity index (χ0v) is 13.7. The van der Waals surface area contributed by atoms with E-state index in [4.69, 9.17) is 4.74 Å². The summed E-state index contributed by atoms with van der Waals surface area (Å²) in [5.74, 6) is 1.77. The van der Waals surface area contributed by atoms with E-state index in [9.17, 15) is 0 Å². The van der Waals surface area contributed by atoms with Crippen molar-refractivity contribution in [1.29, 1.82) is 0 Å². The number of aromatic nitrogens is 2. The van der Waals surface area contributed by atoms with Gasteiger partial charge in [-0.3, -0.25) is 0 Å². The second-order valence-corrected chi connectivity index (χ2v) is 5.77. The highest BCUT2D eigenvalue weighted by atomic mass is 127. The summed E-state index contributed by atoms with van der Waals surface area (Å²) < 4.78 is 6.31. The van der Waals surface area contributed by atoms with Crippen LogP contribution in [-0.2, 0) is 11.3 Å². The highest BCUT2D eigenvalue weighted by Crippen LogP contribution is 2.25. The van der Waals surface area contributed by atoms with Crippen molar-refractivity contribution in [3.8, 4) is 0 Å². The summed E-state index contributed by atoms with van der Waals surface area (Å²) in [7, 11) is 1.70. The van der Waals surface area contributed by atoms with Gasteiger partial charge in [0.2, 0.25) is 5.95 Å². The molecule has 1 saturated heterocycles. The molecule has 1 aliphatic rings. The molecule has 19 heavy (non-hydrogen) atoms. The van der Waals surface area contributed by atoms with Gasteiger partial charge in [0.05, 0.1) is 15.9 Å². The van der Waals surface area contributed by atoms with E-state index in [2.05, 4.69) is 49.7 Å². The summed E-state index contributed by atoms with van der Waals surface area (Å²) in [6.45, 7) is 5.72.